The first-order valence-electron chi connectivity index (χ1n) is 19.3. The number of hydrogen-bond donors (Lipinski definition) is 6. The van der Waals surface area contributed by atoms with E-state index in [1.54, 1.807) is 52.0 Å². The molecule has 0 fully saturated rings. The third-order valence-corrected chi connectivity index (χ3v) is 15.7. The second-order valence-corrected chi connectivity index (χ2v) is 23.5. The van der Waals surface area contributed by atoms with Gasteiger partial charge in [0.05, 0.1) is 15.5 Å². The summed E-state index contributed by atoms with van der Waals surface area (Å²) in [5, 5.41) is 9.01. The van der Waals surface area contributed by atoms with Gasteiger partial charge in [0.1, 0.15) is 9.79 Å². The average Bonchev–Trinajstić information content (AvgIpc) is 3.36. The molecule has 0 saturated carbocycles. The van der Waals surface area contributed by atoms with E-state index in [0.29, 0.717) is 53.9 Å². The zero-order chi connectivity index (χ0) is 48.2. The molecule has 6 N–H and O–H groups in total. The summed E-state index contributed by atoms with van der Waals surface area (Å²) in [6.45, 7) is 11.3. The minimum Gasteiger partial charge on any atom is -0.481 e. The van der Waals surface area contributed by atoms with Crippen molar-refractivity contribution in [3.05, 3.63) is 101 Å². The van der Waals surface area contributed by atoms with Crippen molar-refractivity contribution in [1.29, 1.82) is 0 Å². The van der Waals surface area contributed by atoms with Gasteiger partial charge in [-0.15, -0.1) is 0 Å². The molecule has 1 unspecified atom stereocenters. The van der Waals surface area contributed by atoms with Gasteiger partial charge < -0.3 is 10.0 Å². The number of nitrogens with zero attached hydrogens (tertiary/aromatic N) is 1. The summed E-state index contributed by atoms with van der Waals surface area (Å²) in [5.74, 6) is -1.68. The molecular weight excluding hydrogens is 939 g/mol. The Kier molecular flexibility index (Phi) is 13.9. The van der Waals surface area contributed by atoms with Crippen molar-refractivity contribution in [3.63, 3.8) is 0 Å². The highest BCUT2D eigenvalue weighted by atomic mass is 32.2. The summed E-state index contributed by atoms with van der Waals surface area (Å²) >= 11 is 0. The maximum atomic E-state index is 12.6. The Hall–Kier alpha value is -4.56. The van der Waals surface area contributed by atoms with Gasteiger partial charge in [-0.3, -0.25) is 27.6 Å². The van der Waals surface area contributed by atoms with Crippen LogP contribution in [0.15, 0.2) is 104 Å². The van der Waals surface area contributed by atoms with E-state index < -0.39 is 92.7 Å². The van der Waals surface area contributed by atoms with E-state index in [1.807, 2.05) is 4.90 Å². The molecule has 0 saturated heterocycles. The molecule has 0 radical (unpaired) electrons. The van der Waals surface area contributed by atoms with Crippen LogP contribution >= 0.6 is 0 Å². The van der Waals surface area contributed by atoms with Crippen LogP contribution in [0.3, 0.4) is 0 Å². The van der Waals surface area contributed by atoms with Crippen LogP contribution in [-0.2, 0) is 66.2 Å². The smallest absolute Gasteiger partial charge is 0.303 e. The van der Waals surface area contributed by atoms with Crippen LogP contribution in [0.25, 0.3) is 21.5 Å². The lowest BCUT2D eigenvalue weighted by Crippen LogP contribution is -2.27. The Morgan fingerprint density at radius 2 is 1.25 bits per heavy atom. The van der Waals surface area contributed by atoms with Crippen LogP contribution in [0.4, 0.5) is 5.69 Å². The number of allylic oxidation sites excluding steroid dienone is 5. The van der Waals surface area contributed by atoms with Crippen LogP contribution in [0.2, 0.25) is 0 Å². The normalized spacial score (nSPS) is 16.5. The van der Waals surface area contributed by atoms with Gasteiger partial charge in [-0.05, 0) is 102 Å². The molecule has 5 rings (SSSR count). The maximum Gasteiger partial charge on any atom is 0.303 e. The fraction of sp³-hybridized carbons (Fsp3) is 0.341. The zero-order valence-corrected chi connectivity index (χ0v) is 39.0. The van der Waals surface area contributed by atoms with Gasteiger partial charge in [0.2, 0.25) is 0 Å². The minimum atomic E-state index is -5.10. The second-order valence-electron chi connectivity index (χ2n) is 16.3. The monoisotopic (exact) mass is 985 g/mol. The molecule has 348 valence electrons. The molecule has 1 heterocycles. The quantitative estimate of drug-likeness (QED) is 0.0345. The van der Waals surface area contributed by atoms with Gasteiger partial charge in [-0.2, -0.15) is 42.1 Å². The molecule has 23 heteroatoms. The minimum absolute atomic E-state index is 0.0475. The maximum absolute atomic E-state index is 12.6. The summed E-state index contributed by atoms with van der Waals surface area (Å²) < 4.78 is 174. The first kappa shape index (κ1) is 50.4. The molecule has 64 heavy (non-hydrogen) atoms. The number of anilines is 1. The number of carboxylic acids is 1. The zero-order valence-electron chi connectivity index (χ0n) is 34.9. The molecular formula is C41H47NO17S5. The van der Waals surface area contributed by atoms with E-state index in [-0.39, 0.29) is 58.5 Å². The number of unbranched alkanes of at least 4 members (excludes halogenated alkanes) is 2. The first-order chi connectivity index (χ1) is 29.2. The predicted molar refractivity (Wildman–Crippen MR) is 238 cm³/mol. The van der Waals surface area contributed by atoms with Crippen LogP contribution in [-0.4, -0.2) is 88.2 Å². The summed E-state index contributed by atoms with van der Waals surface area (Å²) in [4.78, 5) is 9.81. The number of carboxylic acid groups (broad SMARTS) is 1. The number of benzene rings is 4. The molecule has 1 atom stereocenters. The molecule has 0 amide bonds. The molecule has 4 aromatic carbocycles. The summed E-state index contributed by atoms with van der Waals surface area (Å²) in [7, 11) is -24.7. The molecule has 4 aromatic rings. The molecule has 0 aliphatic carbocycles. The van der Waals surface area contributed by atoms with Crippen molar-refractivity contribution < 1.29 is 74.8 Å². The van der Waals surface area contributed by atoms with Gasteiger partial charge in [0, 0.05) is 46.0 Å². The summed E-state index contributed by atoms with van der Waals surface area (Å²) in [5.41, 5.74) is -0.119. The second kappa shape index (κ2) is 17.7. The van der Waals surface area contributed by atoms with E-state index in [4.69, 9.17) is 0 Å². The van der Waals surface area contributed by atoms with Gasteiger partial charge in [-0.1, -0.05) is 64.1 Å². The predicted octanol–water partition coefficient (Wildman–Crippen LogP) is 6.65. The number of rotatable bonds is 18. The number of carbonyl (C=O) groups is 1. The lowest BCUT2D eigenvalue weighted by molar-refractivity contribution is -0.137. The van der Waals surface area contributed by atoms with Crippen molar-refractivity contribution in [3.8, 4) is 0 Å². The molecule has 1 aliphatic heterocycles. The average molecular weight is 986 g/mol. The Morgan fingerprint density at radius 3 is 1.77 bits per heavy atom. The van der Waals surface area contributed by atoms with Crippen LogP contribution in [0.5, 0.6) is 0 Å². The Bertz CT molecular complexity index is 3250. The summed E-state index contributed by atoms with van der Waals surface area (Å²) in [6, 6.07) is 9.13. The molecule has 0 spiro atoms. The largest absolute Gasteiger partial charge is 0.481 e. The lowest BCUT2D eigenvalue weighted by atomic mass is 9.70. The first-order valence-corrected chi connectivity index (χ1v) is 26.7. The standard InChI is InChI=1S/C41H47NO17S5/c1-25-14-15-29-31(21-27(61(48,49)50)23-34(29)63(54,55)56)38(25)41(5,18-10-20-60(45,46)47)26(2)11-9-12-36-40(3,4)39-32-22-28(62(51,52)53)24-35(64(57,58)59)30(32)16-17-33(39)42(36)19-8-6-7-13-37(43)44/h9,11-12,14-17,21-24H,2,6-8,10,13,18-20H2,1,3-5H3,(H,43,44)(H,45,46,47)(H,48,49,50)(H,51,52,53)(H,54,55,56)(H,57,58,59)/b11-9+,36-12+. The van der Waals surface area contributed by atoms with Crippen molar-refractivity contribution in [2.75, 3.05) is 17.2 Å². The van der Waals surface area contributed by atoms with Crippen molar-refractivity contribution in [1.82, 2.24) is 0 Å². The fourth-order valence-corrected chi connectivity index (χ4v) is 11.7. The SMILES string of the molecule is C=C(/C=C/C=C1/N(CCCCCC(=O)O)c2ccc3c(S(=O)(=O)O)cc(S(=O)(=O)O)cc3c2C1(C)C)C(C)(CCCS(=O)(=O)O)c1c(C)ccc2c(S(=O)(=O)O)cc(S(=O)(=O)O)cc12. The van der Waals surface area contributed by atoms with Gasteiger partial charge >= 0.3 is 5.97 Å². The van der Waals surface area contributed by atoms with Gasteiger partial charge in [0.25, 0.3) is 50.6 Å². The fourth-order valence-electron chi connectivity index (χ4n) is 8.54. The third kappa shape index (κ3) is 10.6. The van der Waals surface area contributed by atoms with E-state index in [0.717, 1.165) is 12.1 Å². The number of aryl methyl sites for hydroxylation is 1. The Morgan fingerprint density at radius 1 is 0.719 bits per heavy atom. The van der Waals surface area contributed by atoms with Gasteiger partial charge in [0.15, 0.2) is 0 Å². The van der Waals surface area contributed by atoms with E-state index in [1.165, 1.54) is 18.2 Å². The van der Waals surface area contributed by atoms with E-state index in [2.05, 4.69) is 6.58 Å². The van der Waals surface area contributed by atoms with Crippen LogP contribution in [0, 0.1) is 6.92 Å². The molecule has 0 bridgehead atoms. The molecule has 18 nitrogen and oxygen atoms in total. The lowest BCUT2D eigenvalue weighted by Gasteiger charge is -2.34. The third-order valence-electron chi connectivity index (χ3n) is 11.5. The highest BCUT2D eigenvalue weighted by Gasteiger charge is 2.42. The highest BCUT2D eigenvalue weighted by Crippen LogP contribution is 2.52. The Labute approximate surface area is 371 Å². The molecule has 1 aliphatic rings. The number of fused-ring (bicyclic) bond motifs is 4. The van der Waals surface area contributed by atoms with Crippen molar-refractivity contribution in [2.45, 2.75) is 96.6 Å². The van der Waals surface area contributed by atoms with Crippen LogP contribution < -0.4 is 4.90 Å². The van der Waals surface area contributed by atoms with Crippen molar-refractivity contribution in [2.24, 2.45) is 0 Å². The van der Waals surface area contributed by atoms with E-state index >= 15 is 0 Å². The number of hydrogen-bond acceptors (Lipinski definition) is 12. The van der Waals surface area contributed by atoms with E-state index in [9.17, 15) is 74.8 Å². The number of aliphatic carboxylic acids is 1. The van der Waals surface area contributed by atoms with Crippen LogP contribution in [0.1, 0.15) is 76.0 Å². The molecule has 0 aromatic heterocycles. The Balaban J connectivity index is 1.74. The summed E-state index contributed by atoms with van der Waals surface area (Å²) in [6.07, 6.45) is 5.72. The van der Waals surface area contributed by atoms with Crippen molar-refractivity contribution >= 4 is 83.8 Å². The topological polar surface area (TPSA) is 312 Å². The highest BCUT2D eigenvalue weighted by molar-refractivity contribution is 7.87. The van der Waals surface area contributed by atoms with Gasteiger partial charge in [-0.25, -0.2) is 0 Å².